The molecule has 0 aromatic rings. The second-order valence-corrected chi connectivity index (χ2v) is 27.0. The maximum Gasteiger partial charge on any atom is 0.187 e. The number of aliphatic hydroxyl groups excluding tert-OH is 16. The molecule has 0 bridgehead atoms. The van der Waals surface area contributed by atoms with E-state index < -0.39 is 184 Å². The van der Waals surface area contributed by atoms with Gasteiger partial charge < -0.3 is 129 Å². The number of aliphatic hydroxyl groups is 16. The minimum atomic E-state index is -1.82. The third-order valence-corrected chi connectivity index (χ3v) is 21.4. The molecule has 0 amide bonds. The van der Waals surface area contributed by atoms with Crippen LogP contribution in [-0.2, 0) is 47.4 Å². The second kappa shape index (κ2) is 25.9. The first-order valence-electron chi connectivity index (χ1n) is 29.9. The second-order valence-electron chi connectivity index (χ2n) is 27.0. The number of fused-ring (bicyclic) bond motifs is 5. The van der Waals surface area contributed by atoms with Gasteiger partial charge >= 0.3 is 0 Å². The molecule has 9 aliphatic rings. The molecule has 5 heterocycles. The van der Waals surface area contributed by atoms with Crippen LogP contribution in [0.4, 0.5) is 0 Å². The fraction of sp³-hybridized carbons (Fsp3) is 0.965. The lowest BCUT2D eigenvalue weighted by molar-refractivity contribution is -0.378. The summed E-state index contributed by atoms with van der Waals surface area (Å²) in [7, 11) is 0. The average Bonchev–Trinajstić information content (AvgIpc) is 2.57. The normalized spacial score (nSPS) is 52.6. The molecule has 4 saturated carbocycles. The third kappa shape index (κ3) is 12.4. The lowest BCUT2D eigenvalue weighted by Crippen LogP contribution is -2.66. The summed E-state index contributed by atoms with van der Waals surface area (Å²) in [4.78, 5) is 0. The summed E-state index contributed by atoms with van der Waals surface area (Å²) in [6.45, 7) is 12.1. The number of hydrogen-bond acceptors (Lipinski definition) is 26. The first kappa shape index (κ1) is 66.1. The minimum Gasteiger partial charge on any atom is -0.394 e. The van der Waals surface area contributed by atoms with Crippen LogP contribution in [0.2, 0.25) is 0 Å². The Morgan fingerprint density at radius 1 is 0.542 bits per heavy atom. The van der Waals surface area contributed by atoms with Crippen molar-refractivity contribution in [3.8, 4) is 0 Å². The van der Waals surface area contributed by atoms with Gasteiger partial charge in [-0.25, -0.2) is 0 Å². The Kier molecular flexibility index (Phi) is 20.6. The minimum absolute atomic E-state index is 0.0473. The van der Waals surface area contributed by atoms with E-state index in [0.29, 0.717) is 38.5 Å². The van der Waals surface area contributed by atoms with Gasteiger partial charge in [0.05, 0.1) is 50.8 Å². The van der Waals surface area contributed by atoms with Crippen LogP contribution in [-0.4, -0.2) is 274 Å². The van der Waals surface area contributed by atoms with E-state index in [1.807, 2.05) is 20.8 Å². The zero-order chi connectivity index (χ0) is 60.6. The molecular formula is C57H96O26. The zero-order valence-corrected chi connectivity index (χ0v) is 48.5. The van der Waals surface area contributed by atoms with Crippen LogP contribution in [0, 0.1) is 45.8 Å². The van der Waals surface area contributed by atoms with E-state index in [0.717, 1.165) is 24.8 Å². The molecule has 0 radical (unpaired) electrons. The molecule has 4 aliphatic carbocycles. The molecule has 26 heteroatoms. The molecule has 16 N–H and O–H groups in total. The van der Waals surface area contributed by atoms with Gasteiger partial charge in [-0.05, 0) is 124 Å². The van der Waals surface area contributed by atoms with E-state index in [2.05, 4.69) is 33.8 Å². The van der Waals surface area contributed by atoms with Gasteiger partial charge in [0.15, 0.2) is 31.5 Å². The molecule has 0 spiro atoms. The zero-order valence-electron chi connectivity index (χ0n) is 48.5. The lowest BCUT2D eigenvalue weighted by Gasteiger charge is -2.66. The van der Waals surface area contributed by atoms with Crippen LogP contribution in [0.15, 0.2) is 11.6 Å². The van der Waals surface area contributed by atoms with Gasteiger partial charge in [0, 0.05) is 0 Å². The predicted octanol–water partition coefficient (Wildman–Crippen LogP) is -3.49. The fourth-order valence-electron chi connectivity index (χ4n) is 16.7. The fourth-order valence-corrected chi connectivity index (χ4v) is 16.7. The van der Waals surface area contributed by atoms with Crippen LogP contribution in [0.5, 0.6) is 0 Å². The Labute approximate surface area is 483 Å². The largest absolute Gasteiger partial charge is 0.394 e. The van der Waals surface area contributed by atoms with Crippen molar-refractivity contribution in [1.82, 2.24) is 0 Å². The molecule has 83 heavy (non-hydrogen) atoms. The summed E-state index contributed by atoms with van der Waals surface area (Å²) in [5, 5.41) is 173. The summed E-state index contributed by atoms with van der Waals surface area (Å²) in [5.74, 6) is -0.225. The average molecular weight is 1200 g/mol. The summed E-state index contributed by atoms with van der Waals surface area (Å²) in [6, 6.07) is 0. The van der Waals surface area contributed by atoms with Gasteiger partial charge in [-0.3, -0.25) is 0 Å². The maximum absolute atomic E-state index is 12.8. The van der Waals surface area contributed by atoms with E-state index in [9.17, 15) is 81.7 Å². The Morgan fingerprint density at radius 3 is 1.78 bits per heavy atom. The van der Waals surface area contributed by atoms with Gasteiger partial charge in [0.2, 0.25) is 0 Å². The van der Waals surface area contributed by atoms with Gasteiger partial charge in [-0.15, -0.1) is 0 Å². The van der Waals surface area contributed by atoms with Crippen molar-refractivity contribution in [2.75, 3.05) is 33.0 Å². The molecular weight excluding hydrogens is 1100 g/mol. The topological polar surface area (TPSA) is 416 Å². The highest BCUT2D eigenvalue weighted by Gasteiger charge is 2.68. The summed E-state index contributed by atoms with van der Waals surface area (Å²) in [5.41, 5.74) is -1.23. The highest BCUT2D eigenvalue weighted by Crippen LogP contribution is 2.72. The van der Waals surface area contributed by atoms with Gasteiger partial charge in [0.25, 0.3) is 0 Å². The number of hydrogen-bond donors (Lipinski definition) is 16. The quantitative estimate of drug-likeness (QED) is 0.0496. The summed E-state index contributed by atoms with van der Waals surface area (Å²) < 4.78 is 60.1. The van der Waals surface area contributed by atoms with Crippen molar-refractivity contribution in [1.29, 1.82) is 0 Å². The standard InChI is InChI=1S/C57H96O26/c1-23(2)9-8-14-57(7,83-52-47(73)42(68)39(65)31(80-52)21-75-49-45(71)40(66)32(22-76-49)79-50-44(70)36(62)28(61)20-74-50)25-12-15-56(6)24-10-11-33-54(3,4)34(13-16-55(33,5)26(24)17-27(60)35(25)56)81-53-48(43(69)38(64)30(19-59)78-53)82-51-46(72)41(67)37(63)29(18-58)77-51/h9,24-53,58-73H,8,10-22H2,1-7H3/t24?,25-,26?,27-,28+,29+,30+,31+,32-,33?,34?,35+,36-,37+,38+,39+,40-,41-,42-,43-,44+,45+,46+,47+,48+,49+,50+,51-,52-,53-,55+,56+,57-/m0/s1. The Balaban J connectivity index is 0.880. The highest BCUT2D eigenvalue weighted by atomic mass is 16.8. The Morgan fingerprint density at radius 2 is 1.12 bits per heavy atom. The van der Waals surface area contributed by atoms with Gasteiger partial charge in [-0.2, -0.15) is 0 Å². The molecule has 9 fully saturated rings. The van der Waals surface area contributed by atoms with Crippen molar-refractivity contribution in [2.45, 2.75) is 265 Å². The van der Waals surface area contributed by atoms with Crippen LogP contribution < -0.4 is 0 Å². The van der Waals surface area contributed by atoms with E-state index in [1.54, 1.807) is 0 Å². The molecule has 4 unspecified atom stereocenters. The molecule has 480 valence electrons. The molecule has 0 aromatic heterocycles. The molecule has 33 atom stereocenters. The van der Waals surface area contributed by atoms with E-state index in [4.69, 9.17) is 47.4 Å². The SMILES string of the molecule is CC(C)=CCC[C@](C)(O[C@@H]1O[C@H](CO[C@@H]2OC[C@H](O[C@H]3OC[C@@H](O)[C@H](O)[C@H]3O)[C@H](O)[C@H]2O)[C@@H](O)[C@H](O)[C@H]1O)[C@H]1CC[C@]2(C)C3CCC4C(C)(C)C(O[C@@H]5O[C@H](CO)[C@@H](O)[C@H](O)[C@H]5O[C@@H]5O[C@H](CO)[C@@H](O)[C@H](O)[C@H]5O)CC[C@]4(C)C3C[C@H](O)[C@@H]12. The van der Waals surface area contributed by atoms with E-state index in [-0.39, 0.29) is 53.6 Å². The summed E-state index contributed by atoms with van der Waals surface area (Å²) in [6.07, 6.45) is -29.5. The van der Waals surface area contributed by atoms with Crippen molar-refractivity contribution in [3.63, 3.8) is 0 Å². The first-order chi connectivity index (χ1) is 39.0. The molecule has 26 nitrogen and oxygen atoms in total. The first-order valence-corrected chi connectivity index (χ1v) is 29.9. The molecule has 9 rings (SSSR count). The molecule has 5 aliphatic heterocycles. The number of allylic oxidation sites excluding steroid dienone is 2. The number of rotatable bonds is 17. The lowest BCUT2D eigenvalue weighted by atomic mass is 9.39. The Hall–Kier alpha value is -1.30. The summed E-state index contributed by atoms with van der Waals surface area (Å²) >= 11 is 0. The molecule has 5 saturated heterocycles. The van der Waals surface area contributed by atoms with Crippen LogP contribution in [0.25, 0.3) is 0 Å². The smallest absolute Gasteiger partial charge is 0.187 e. The van der Waals surface area contributed by atoms with Crippen LogP contribution in [0.3, 0.4) is 0 Å². The van der Waals surface area contributed by atoms with Crippen molar-refractivity contribution in [3.05, 3.63) is 11.6 Å². The third-order valence-electron chi connectivity index (χ3n) is 21.4. The van der Waals surface area contributed by atoms with Crippen molar-refractivity contribution in [2.24, 2.45) is 45.8 Å². The van der Waals surface area contributed by atoms with Crippen molar-refractivity contribution >= 4 is 0 Å². The van der Waals surface area contributed by atoms with Crippen LogP contribution >= 0.6 is 0 Å². The van der Waals surface area contributed by atoms with Crippen LogP contribution in [0.1, 0.15) is 106 Å². The van der Waals surface area contributed by atoms with Gasteiger partial charge in [-0.1, -0.05) is 39.3 Å². The van der Waals surface area contributed by atoms with E-state index >= 15 is 0 Å². The number of ether oxygens (including phenoxy) is 10. The monoisotopic (exact) mass is 1200 g/mol. The van der Waals surface area contributed by atoms with Gasteiger partial charge in [0.1, 0.15) is 110 Å². The predicted molar refractivity (Wildman–Crippen MR) is 282 cm³/mol. The Bertz CT molecular complexity index is 2160. The maximum atomic E-state index is 12.8. The van der Waals surface area contributed by atoms with Crippen molar-refractivity contribution < 1.29 is 129 Å². The van der Waals surface area contributed by atoms with E-state index in [1.165, 1.54) is 0 Å². The highest BCUT2D eigenvalue weighted by molar-refractivity contribution is 5.17. The molecule has 0 aromatic carbocycles.